The molecule has 19 heavy (non-hydrogen) atoms. The van der Waals surface area contributed by atoms with E-state index in [9.17, 15) is 5.11 Å². The molecule has 2 nitrogen and oxygen atoms in total. The number of hydrogen-bond donors (Lipinski definition) is 2. The van der Waals surface area contributed by atoms with Gasteiger partial charge >= 0.3 is 0 Å². The predicted octanol–water partition coefficient (Wildman–Crippen LogP) is 4.10. The zero-order chi connectivity index (χ0) is 13.8. The molecule has 0 aliphatic rings. The van der Waals surface area contributed by atoms with Gasteiger partial charge in [0.15, 0.2) is 0 Å². The van der Waals surface area contributed by atoms with Crippen LogP contribution in [0.15, 0.2) is 42.5 Å². The van der Waals surface area contributed by atoms with E-state index < -0.39 is 0 Å². The summed E-state index contributed by atoms with van der Waals surface area (Å²) in [4.78, 5) is 0. The van der Waals surface area contributed by atoms with Gasteiger partial charge in [0.25, 0.3) is 0 Å². The second-order valence-electron chi connectivity index (χ2n) is 4.72. The molecule has 2 aromatic carbocycles. The van der Waals surface area contributed by atoms with E-state index in [1.165, 1.54) is 5.56 Å². The molecule has 0 spiro atoms. The highest BCUT2D eigenvalue weighted by Gasteiger charge is 2.14. The van der Waals surface area contributed by atoms with E-state index in [1.54, 1.807) is 0 Å². The summed E-state index contributed by atoms with van der Waals surface area (Å²) in [5.41, 5.74) is 4.27. The van der Waals surface area contributed by atoms with Crippen LogP contribution in [0.2, 0.25) is 5.02 Å². The van der Waals surface area contributed by atoms with Crippen LogP contribution in [-0.2, 0) is 0 Å². The van der Waals surface area contributed by atoms with Crippen molar-refractivity contribution in [3.05, 3.63) is 64.2 Å². The van der Waals surface area contributed by atoms with Crippen molar-refractivity contribution in [2.75, 3.05) is 11.9 Å². The first kappa shape index (κ1) is 13.9. The van der Waals surface area contributed by atoms with Crippen molar-refractivity contribution in [3.8, 4) is 0 Å². The second kappa shape index (κ2) is 6.09. The standard InChI is InChI=1S/C16H18ClNO/c1-11-7-8-12(2)13(9-11)16(10-19)18-15-6-4-3-5-14(15)17/h3-9,16,18-19H,10H2,1-2H3. The smallest absolute Gasteiger partial charge is 0.0748 e. The van der Waals surface area contributed by atoms with E-state index in [2.05, 4.69) is 23.5 Å². The summed E-state index contributed by atoms with van der Waals surface area (Å²) >= 11 is 6.14. The third-order valence-electron chi connectivity index (χ3n) is 3.20. The zero-order valence-corrected chi connectivity index (χ0v) is 11.9. The summed E-state index contributed by atoms with van der Waals surface area (Å²) in [5, 5.41) is 13.6. The normalized spacial score (nSPS) is 12.2. The van der Waals surface area contributed by atoms with E-state index in [4.69, 9.17) is 11.6 Å². The first-order valence-electron chi connectivity index (χ1n) is 6.31. The Bertz CT molecular complexity index is 568. The number of hydrogen-bond acceptors (Lipinski definition) is 2. The third kappa shape index (κ3) is 3.28. The topological polar surface area (TPSA) is 32.3 Å². The van der Waals surface area contributed by atoms with Crippen LogP contribution in [0.1, 0.15) is 22.7 Å². The number of para-hydroxylation sites is 1. The minimum Gasteiger partial charge on any atom is -0.394 e. The molecule has 3 heteroatoms. The molecule has 0 amide bonds. The van der Waals surface area contributed by atoms with Crippen LogP contribution in [0.25, 0.3) is 0 Å². The van der Waals surface area contributed by atoms with E-state index >= 15 is 0 Å². The highest BCUT2D eigenvalue weighted by atomic mass is 35.5. The van der Waals surface area contributed by atoms with Gasteiger partial charge in [0.05, 0.1) is 23.4 Å². The number of aryl methyl sites for hydroxylation is 2. The predicted molar refractivity (Wildman–Crippen MR) is 80.8 cm³/mol. The van der Waals surface area contributed by atoms with Crippen molar-refractivity contribution in [3.63, 3.8) is 0 Å². The minimum atomic E-state index is -0.153. The van der Waals surface area contributed by atoms with Gasteiger partial charge in [-0.15, -0.1) is 0 Å². The van der Waals surface area contributed by atoms with Crippen molar-refractivity contribution in [1.29, 1.82) is 0 Å². The van der Waals surface area contributed by atoms with E-state index in [0.717, 1.165) is 16.8 Å². The van der Waals surface area contributed by atoms with Gasteiger partial charge in [-0.1, -0.05) is 47.5 Å². The maximum Gasteiger partial charge on any atom is 0.0748 e. The molecule has 2 rings (SSSR count). The lowest BCUT2D eigenvalue weighted by Gasteiger charge is -2.21. The first-order chi connectivity index (χ1) is 9.11. The van der Waals surface area contributed by atoms with Gasteiger partial charge in [-0.2, -0.15) is 0 Å². The van der Waals surface area contributed by atoms with E-state index in [0.29, 0.717) is 5.02 Å². The fourth-order valence-electron chi connectivity index (χ4n) is 2.12. The van der Waals surface area contributed by atoms with Crippen molar-refractivity contribution < 1.29 is 5.11 Å². The maximum absolute atomic E-state index is 9.64. The zero-order valence-electron chi connectivity index (χ0n) is 11.2. The number of nitrogens with one attached hydrogen (secondary N) is 1. The highest BCUT2D eigenvalue weighted by Crippen LogP contribution is 2.27. The summed E-state index contributed by atoms with van der Waals surface area (Å²) in [7, 11) is 0. The van der Waals surface area contributed by atoms with Crippen LogP contribution in [0.4, 0.5) is 5.69 Å². The highest BCUT2D eigenvalue weighted by molar-refractivity contribution is 6.33. The van der Waals surface area contributed by atoms with Crippen LogP contribution in [0.5, 0.6) is 0 Å². The number of aliphatic hydroxyl groups is 1. The second-order valence-corrected chi connectivity index (χ2v) is 5.13. The molecule has 100 valence electrons. The van der Waals surface area contributed by atoms with Crippen molar-refractivity contribution >= 4 is 17.3 Å². The van der Waals surface area contributed by atoms with Gasteiger partial charge in [0.1, 0.15) is 0 Å². The van der Waals surface area contributed by atoms with E-state index in [-0.39, 0.29) is 12.6 Å². The van der Waals surface area contributed by atoms with Crippen LogP contribution < -0.4 is 5.32 Å². The SMILES string of the molecule is Cc1ccc(C)c(C(CO)Nc2ccccc2Cl)c1. The molecule has 0 radical (unpaired) electrons. The average molecular weight is 276 g/mol. The molecule has 0 bridgehead atoms. The lowest BCUT2D eigenvalue weighted by Crippen LogP contribution is -2.16. The summed E-state index contributed by atoms with van der Waals surface area (Å²) in [6.45, 7) is 4.12. The lowest BCUT2D eigenvalue weighted by molar-refractivity contribution is 0.276. The Morgan fingerprint density at radius 3 is 2.58 bits per heavy atom. The van der Waals surface area contributed by atoms with Gasteiger partial charge in [-0.3, -0.25) is 0 Å². The summed E-state index contributed by atoms with van der Waals surface area (Å²) in [6, 6.07) is 13.6. The third-order valence-corrected chi connectivity index (χ3v) is 3.53. The van der Waals surface area contributed by atoms with Crippen LogP contribution in [0.3, 0.4) is 0 Å². The average Bonchev–Trinajstić information content (AvgIpc) is 2.41. The van der Waals surface area contributed by atoms with Crippen molar-refractivity contribution in [2.45, 2.75) is 19.9 Å². The Hall–Kier alpha value is -1.51. The Labute approximate surface area is 119 Å². The molecule has 0 aliphatic carbocycles. The molecule has 2 aromatic rings. The van der Waals surface area contributed by atoms with E-state index in [1.807, 2.05) is 38.1 Å². The Kier molecular flexibility index (Phi) is 4.46. The summed E-state index contributed by atoms with van der Waals surface area (Å²) in [5.74, 6) is 0. The van der Waals surface area contributed by atoms with Crippen LogP contribution in [0, 0.1) is 13.8 Å². The molecule has 0 heterocycles. The molecule has 0 saturated heterocycles. The minimum absolute atomic E-state index is 0.0233. The van der Waals surface area contributed by atoms with Gasteiger partial charge in [-0.05, 0) is 37.1 Å². The van der Waals surface area contributed by atoms with Gasteiger partial charge in [0, 0.05) is 0 Å². The largest absolute Gasteiger partial charge is 0.394 e. The molecule has 1 unspecified atom stereocenters. The molecule has 1 atom stereocenters. The van der Waals surface area contributed by atoms with Crippen molar-refractivity contribution in [1.82, 2.24) is 0 Å². The molecule has 2 N–H and O–H groups in total. The Morgan fingerprint density at radius 2 is 1.89 bits per heavy atom. The molecule has 0 saturated carbocycles. The van der Waals surface area contributed by atoms with Gasteiger partial charge in [0.2, 0.25) is 0 Å². The first-order valence-corrected chi connectivity index (χ1v) is 6.68. The number of halogens is 1. The molecular weight excluding hydrogens is 258 g/mol. The fourth-order valence-corrected chi connectivity index (χ4v) is 2.31. The van der Waals surface area contributed by atoms with Crippen molar-refractivity contribution in [2.24, 2.45) is 0 Å². The summed E-state index contributed by atoms with van der Waals surface area (Å²) < 4.78 is 0. The number of benzene rings is 2. The number of aliphatic hydroxyl groups excluding tert-OH is 1. The van der Waals surface area contributed by atoms with Gasteiger partial charge < -0.3 is 10.4 Å². The molecule has 0 aromatic heterocycles. The fraction of sp³-hybridized carbons (Fsp3) is 0.250. The Balaban J connectivity index is 2.30. The number of anilines is 1. The molecular formula is C16H18ClNO. The number of rotatable bonds is 4. The van der Waals surface area contributed by atoms with Gasteiger partial charge in [-0.25, -0.2) is 0 Å². The summed E-state index contributed by atoms with van der Waals surface area (Å²) in [6.07, 6.45) is 0. The monoisotopic (exact) mass is 275 g/mol. The maximum atomic E-state index is 9.64. The molecule has 0 fully saturated rings. The van der Waals surface area contributed by atoms with Crippen LogP contribution >= 0.6 is 11.6 Å². The van der Waals surface area contributed by atoms with Crippen LogP contribution in [-0.4, -0.2) is 11.7 Å². The quantitative estimate of drug-likeness (QED) is 0.880. The molecule has 0 aliphatic heterocycles. The Morgan fingerprint density at radius 1 is 1.16 bits per heavy atom. The lowest BCUT2D eigenvalue weighted by atomic mass is 9.99.